The van der Waals surface area contributed by atoms with Crippen molar-refractivity contribution in [1.82, 2.24) is 8.91 Å². The van der Waals surface area contributed by atoms with Gasteiger partial charge in [-0.2, -0.15) is 0 Å². The summed E-state index contributed by atoms with van der Waals surface area (Å²) in [5.41, 5.74) is 3.56. The van der Waals surface area contributed by atoms with E-state index in [4.69, 9.17) is 0 Å². The van der Waals surface area contributed by atoms with Crippen molar-refractivity contribution < 1.29 is 4.79 Å². The minimum Gasteiger partial charge on any atom is -0.326 e. The van der Waals surface area contributed by atoms with Gasteiger partial charge in [0.25, 0.3) is 11.5 Å². The van der Waals surface area contributed by atoms with E-state index in [1.54, 1.807) is 12.1 Å². The number of pyridine rings is 1. The van der Waals surface area contributed by atoms with Gasteiger partial charge in [0.1, 0.15) is 0 Å². The van der Waals surface area contributed by atoms with Crippen LogP contribution in [0.3, 0.4) is 0 Å². The molecule has 2 aromatic rings. The number of nitrogens with zero attached hydrogens (tertiary/aromatic N) is 1. The molecule has 1 amide bonds. The molecule has 0 unspecified atom stereocenters. The van der Waals surface area contributed by atoms with Gasteiger partial charge in [-0.3, -0.25) is 13.5 Å². The Labute approximate surface area is 132 Å². The zero-order valence-corrected chi connectivity index (χ0v) is 13.7. The second-order valence-electron chi connectivity index (χ2n) is 5.05. The first-order valence-electron chi connectivity index (χ1n) is 6.54. The second-order valence-corrected chi connectivity index (χ2v) is 5.90. The van der Waals surface area contributed by atoms with Gasteiger partial charge in [-0.05, 0) is 44.5 Å². The first-order chi connectivity index (χ1) is 9.88. The molecule has 1 radical (unpaired) electrons. The minimum absolute atomic E-state index is 0.169. The maximum Gasteiger partial charge on any atom is 0.264 e. The third kappa shape index (κ3) is 3.61. The number of amides is 1. The number of hydrogen-bond donors (Lipinski definition) is 1. The molecule has 0 fully saturated rings. The molecule has 109 valence electrons. The fourth-order valence-corrected chi connectivity index (χ4v) is 2.50. The number of aromatic nitrogens is 1. The monoisotopic (exact) mass is 347 g/mol. The predicted octanol–water partition coefficient (Wildman–Crippen LogP) is 3.05. The molecule has 0 aliphatic carbocycles. The Morgan fingerprint density at radius 3 is 2.62 bits per heavy atom. The van der Waals surface area contributed by atoms with E-state index < -0.39 is 0 Å². The molecule has 1 aromatic heterocycles. The van der Waals surface area contributed by atoms with Crippen LogP contribution in [0.25, 0.3) is 0 Å². The van der Waals surface area contributed by atoms with Crippen LogP contribution in [0.2, 0.25) is 0 Å². The Morgan fingerprint density at radius 1 is 1.33 bits per heavy atom. The quantitative estimate of drug-likeness (QED) is 0.867. The molecule has 21 heavy (non-hydrogen) atoms. The van der Waals surface area contributed by atoms with Gasteiger partial charge in [0.05, 0.1) is 22.7 Å². The molecule has 1 heterocycles. The van der Waals surface area contributed by atoms with Gasteiger partial charge >= 0.3 is 0 Å². The van der Waals surface area contributed by atoms with Crippen LogP contribution in [0.15, 0.2) is 29.1 Å². The Balaban J connectivity index is 2.22. The zero-order chi connectivity index (χ0) is 15.6. The standard InChI is InChI=1S/C16H16BrN2O2/c1-10-4-6-13(7-5-10)16(21)19(17)9-14-11(2)8-12(3)18-15(14)20/h4-6,8H,9H2,1-3H3,(H,18,20). The predicted molar refractivity (Wildman–Crippen MR) is 85.4 cm³/mol. The maximum atomic E-state index is 12.3. The van der Waals surface area contributed by atoms with Crippen molar-refractivity contribution in [2.24, 2.45) is 0 Å². The molecule has 2 rings (SSSR count). The van der Waals surface area contributed by atoms with Crippen molar-refractivity contribution in [3.05, 3.63) is 68.6 Å². The fraction of sp³-hybridized carbons (Fsp3) is 0.250. The molecule has 0 aliphatic heterocycles. The third-order valence-electron chi connectivity index (χ3n) is 3.21. The van der Waals surface area contributed by atoms with Gasteiger partial charge in [-0.25, -0.2) is 0 Å². The summed E-state index contributed by atoms with van der Waals surface area (Å²) in [5, 5.41) is 0. The first kappa shape index (κ1) is 15.5. The van der Waals surface area contributed by atoms with Gasteiger partial charge in [-0.1, -0.05) is 17.7 Å². The molecule has 0 aliphatic rings. The highest BCUT2D eigenvalue weighted by atomic mass is 79.9. The molecule has 0 spiro atoms. The van der Waals surface area contributed by atoms with Crippen LogP contribution < -0.4 is 5.56 Å². The molecule has 0 bridgehead atoms. The van der Waals surface area contributed by atoms with E-state index in [0.717, 1.165) is 16.8 Å². The van der Waals surface area contributed by atoms with Crippen LogP contribution in [0.1, 0.15) is 32.7 Å². The van der Waals surface area contributed by atoms with Gasteiger partial charge in [0.2, 0.25) is 0 Å². The Hall–Kier alpha value is -1.88. The first-order valence-corrected chi connectivity index (χ1v) is 7.25. The van der Waals surface area contributed by atoms with Crippen LogP contribution >= 0.6 is 16.1 Å². The summed E-state index contributed by atoms with van der Waals surface area (Å²) in [6.07, 6.45) is 0. The van der Waals surface area contributed by atoms with Crippen molar-refractivity contribution >= 4 is 22.1 Å². The van der Waals surface area contributed by atoms with Crippen LogP contribution in [-0.2, 0) is 6.54 Å². The molecule has 1 aromatic carbocycles. The van der Waals surface area contributed by atoms with Crippen molar-refractivity contribution in [1.29, 1.82) is 0 Å². The number of carbonyl (C=O) groups is 1. The van der Waals surface area contributed by atoms with Crippen LogP contribution in [0.4, 0.5) is 0 Å². The van der Waals surface area contributed by atoms with E-state index in [9.17, 15) is 9.59 Å². The normalized spacial score (nSPS) is 10.5. The summed E-state index contributed by atoms with van der Waals surface area (Å²) < 4.78 is 1.35. The summed E-state index contributed by atoms with van der Waals surface area (Å²) in [5.74, 6) is -0.227. The second kappa shape index (κ2) is 6.26. The molecule has 5 heteroatoms. The van der Waals surface area contributed by atoms with Crippen LogP contribution in [0.5, 0.6) is 0 Å². The Bertz CT molecular complexity index is 720. The van der Waals surface area contributed by atoms with Crippen molar-refractivity contribution in [3.8, 4) is 0 Å². The Kier molecular flexibility index (Phi) is 4.63. The molecule has 0 saturated heterocycles. The number of halogens is 1. The minimum atomic E-state index is -0.227. The number of nitrogens with one attached hydrogen (secondary N) is 1. The van der Waals surface area contributed by atoms with Gasteiger partial charge in [0, 0.05) is 16.8 Å². The zero-order valence-electron chi connectivity index (χ0n) is 12.2. The van der Waals surface area contributed by atoms with E-state index in [1.165, 1.54) is 3.93 Å². The smallest absolute Gasteiger partial charge is 0.264 e. The topological polar surface area (TPSA) is 53.2 Å². The molecule has 0 saturated carbocycles. The molecule has 1 N–H and O–H groups in total. The van der Waals surface area contributed by atoms with E-state index in [2.05, 4.69) is 27.2 Å². The van der Waals surface area contributed by atoms with Gasteiger partial charge < -0.3 is 4.98 Å². The van der Waals surface area contributed by atoms with E-state index >= 15 is 0 Å². The molecular formula is C16H16BrN2O2. The summed E-state index contributed by atoms with van der Waals surface area (Å²) in [6.45, 7) is 5.82. The maximum absolute atomic E-state index is 12.3. The lowest BCUT2D eigenvalue weighted by atomic mass is 10.1. The highest BCUT2D eigenvalue weighted by Gasteiger charge is 2.16. The lowest BCUT2D eigenvalue weighted by Crippen LogP contribution is -2.26. The summed E-state index contributed by atoms with van der Waals surface area (Å²) in [6, 6.07) is 10.2. The molecule has 0 atom stereocenters. The van der Waals surface area contributed by atoms with Crippen LogP contribution in [-0.4, -0.2) is 14.8 Å². The highest BCUT2D eigenvalue weighted by molar-refractivity contribution is 9.07. The molecular weight excluding hydrogens is 332 g/mol. The summed E-state index contributed by atoms with van der Waals surface area (Å²) in [4.78, 5) is 27.0. The number of H-pyrrole nitrogens is 1. The van der Waals surface area contributed by atoms with Crippen molar-refractivity contribution in [2.45, 2.75) is 27.3 Å². The van der Waals surface area contributed by atoms with Gasteiger partial charge in [-0.15, -0.1) is 0 Å². The number of hydrogen-bond acceptors (Lipinski definition) is 2. The Morgan fingerprint density at radius 2 is 2.05 bits per heavy atom. The summed E-state index contributed by atoms with van der Waals surface area (Å²) >= 11 is 3.23. The average molecular weight is 348 g/mol. The lowest BCUT2D eigenvalue weighted by molar-refractivity contribution is 0.0872. The average Bonchev–Trinajstić information content (AvgIpc) is 2.42. The summed E-state index contributed by atoms with van der Waals surface area (Å²) in [7, 11) is 0. The largest absolute Gasteiger partial charge is 0.326 e. The SMILES string of the molecule is Cc1c[c]c(C(=O)N(Br)Cc2c(C)cc(C)[nH]c2=O)cc1. The van der Waals surface area contributed by atoms with E-state index in [0.29, 0.717) is 11.1 Å². The van der Waals surface area contributed by atoms with Gasteiger partial charge in [0.15, 0.2) is 0 Å². The molecule has 4 nitrogen and oxygen atoms in total. The van der Waals surface area contributed by atoms with Crippen LogP contribution in [0, 0.1) is 26.8 Å². The van der Waals surface area contributed by atoms with E-state index in [-0.39, 0.29) is 18.0 Å². The third-order valence-corrected chi connectivity index (χ3v) is 3.78. The van der Waals surface area contributed by atoms with E-state index in [1.807, 2.05) is 32.9 Å². The number of carbonyl (C=O) groups excluding carboxylic acids is 1. The number of aryl methyl sites for hydroxylation is 3. The van der Waals surface area contributed by atoms with Crippen molar-refractivity contribution in [3.63, 3.8) is 0 Å². The number of benzene rings is 1. The number of aromatic amines is 1. The number of rotatable bonds is 3. The lowest BCUT2D eigenvalue weighted by Gasteiger charge is -2.15. The highest BCUT2D eigenvalue weighted by Crippen LogP contribution is 2.14. The van der Waals surface area contributed by atoms with Crippen molar-refractivity contribution in [2.75, 3.05) is 0 Å². The fourth-order valence-electron chi connectivity index (χ4n) is 2.06.